The summed E-state index contributed by atoms with van der Waals surface area (Å²) in [5, 5.41) is 46.8. The molecule has 0 aromatic heterocycles. The summed E-state index contributed by atoms with van der Waals surface area (Å²) in [4.78, 5) is 21.7. The molecule has 1 aliphatic rings. The largest absolute Gasteiger partial charge is 0.400 e. The molecule has 5 atom stereocenters. The lowest BCUT2D eigenvalue weighted by Gasteiger charge is -2.43. The second-order valence-electron chi connectivity index (χ2n) is 3.84. The van der Waals surface area contributed by atoms with Gasteiger partial charge < -0.3 is 35.0 Å². The Bertz CT molecular complexity index is 341. The minimum absolute atomic E-state index is 0.815. The zero-order valence-corrected chi connectivity index (χ0v) is 9.39. The van der Waals surface area contributed by atoms with Crippen LogP contribution in [0.4, 0.5) is 0 Å². The summed E-state index contributed by atoms with van der Waals surface area (Å²) >= 11 is 0. The zero-order chi connectivity index (χ0) is 14.1. The first-order chi connectivity index (χ1) is 8.23. The fourth-order valence-electron chi connectivity index (χ4n) is 1.41. The number of ether oxygens (including phenoxy) is 2. The van der Waals surface area contributed by atoms with Gasteiger partial charge in [0.25, 0.3) is 0 Å². The van der Waals surface area contributed by atoms with Gasteiger partial charge in [-0.05, 0) is 0 Å². The van der Waals surface area contributed by atoms with Crippen molar-refractivity contribution in [3.05, 3.63) is 0 Å². The Balaban J connectivity index is 2.91. The Kier molecular flexibility index (Phi) is 4.37. The third-order valence-corrected chi connectivity index (χ3v) is 2.45. The van der Waals surface area contributed by atoms with Crippen LogP contribution in [-0.4, -0.2) is 74.3 Å². The number of carbonyl (C=O) groups excluding carboxylic acids is 2. The third kappa shape index (κ3) is 2.66. The SMILES string of the molecule is CC(=O)C(=O)OC1(O)O[C@H](CO)[C@@H](O)[C@H](O)[C@H]1O. The predicted octanol–water partition coefficient (Wildman–Crippen LogP) is -3.76. The van der Waals surface area contributed by atoms with Crippen molar-refractivity contribution in [3.63, 3.8) is 0 Å². The van der Waals surface area contributed by atoms with E-state index in [2.05, 4.69) is 9.47 Å². The number of hydrogen-bond acceptors (Lipinski definition) is 9. The molecule has 0 aliphatic carbocycles. The Morgan fingerprint density at radius 1 is 1.28 bits per heavy atom. The van der Waals surface area contributed by atoms with E-state index in [1.165, 1.54) is 0 Å². The van der Waals surface area contributed by atoms with Crippen molar-refractivity contribution in [2.45, 2.75) is 37.3 Å². The second kappa shape index (κ2) is 5.26. The van der Waals surface area contributed by atoms with Crippen LogP contribution < -0.4 is 0 Å². The highest BCUT2D eigenvalue weighted by atomic mass is 16.8. The molecule has 1 unspecified atom stereocenters. The van der Waals surface area contributed by atoms with Gasteiger partial charge in [0.2, 0.25) is 5.78 Å². The van der Waals surface area contributed by atoms with Gasteiger partial charge in [-0.25, -0.2) is 4.79 Å². The maximum absolute atomic E-state index is 11.0. The van der Waals surface area contributed by atoms with Crippen LogP contribution in [-0.2, 0) is 19.1 Å². The van der Waals surface area contributed by atoms with Crippen molar-refractivity contribution < 1.29 is 44.6 Å². The molecule has 0 aromatic carbocycles. The second-order valence-corrected chi connectivity index (χ2v) is 3.84. The highest BCUT2D eigenvalue weighted by Gasteiger charge is 2.56. The van der Waals surface area contributed by atoms with Gasteiger partial charge in [0.1, 0.15) is 18.3 Å². The smallest absolute Gasteiger partial charge is 0.378 e. The lowest BCUT2D eigenvalue weighted by Crippen LogP contribution is -2.66. The van der Waals surface area contributed by atoms with Crippen molar-refractivity contribution in [3.8, 4) is 0 Å². The van der Waals surface area contributed by atoms with Crippen LogP contribution in [0.3, 0.4) is 0 Å². The molecular formula is C9H14O9. The molecule has 5 N–H and O–H groups in total. The first-order valence-corrected chi connectivity index (χ1v) is 5.02. The zero-order valence-electron chi connectivity index (χ0n) is 9.39. The molecular weight excluding hydrogens is 252 g/mol. The normalized spacial score (nSPS) is 40.3. The van der Waals surface area contributed by atoms with Crippen LogP contribution in [0.1, 0.15) is 6.92 Å². The Morgan fingerprint density at radius 2 is 1.83 bits per heavy atom. The van der Waals surface area contributed by atoms with Gasteiger partial charge in [0.15, 0.2) is 6.10 Å². The van der Waals surface area contributed by atoms with Crippen LogP contribution in [0.5, 0.6) is 0 Å². The molecule has 18 heavy (non-hydrogen) atoms. The van der Waals surface area contributed by atoms with E-state index in [0.717, 1.165) is 6.92 Å². The standard InChI is InChI=1S/C9H14O9/c1-3(11)8(15)18-9(16)7(14)6(13)5(12)4(2-10)17-9/h4-7,10,12-14,16H,2H2,1H3/t4-,5-,6+,7-,9?/m1/s1. The van der Waals surface area contributed by atoms with Gasteiger partial charge in [-0.1, -0.05) is 0 Å². The monoisotopic (exact) mass is 266 g/mol. The molecule has 1 heterocycles. The number of rotatable bonds is 3. The molecule has 9 heteroatoms. The lowest BCUT2D eigenvalue weighted by molar-refractivity contribution is -0.433. The first-order valence-electron chi connectivity index (χ1n) is 5.02. The van der Waals surface area contributed by atoms with Gasteiger partial charge in [-0.15, -0.1) is 0 Å². The molecule has 0 bridgehead atoms. The van der Waals surface area contributed by atoms with E-state index in [9.17, 15) is 30.0 Å². The van der Waals surface area contributed by atoms with E-state index in [4.69, 9.17) is 5.11 Å². The summed E-state index contributed by atoms with van der Waals surface area (Å²) < 4.78 is 8.81. The number of esters is 1. The van der Waals surface area contributed by atoms with Crippen LogP contribution in [0, 0.1) is 0 Å². The quantitative estimate of drug-likeness (QED) is 0.197. The van der Waals surface area contributed by atoms with E-state index in [1.807, 2.05) is 0 Å². The van der Waals surface area contributed by atoms with Crippen LogP contribution >= 0.6 is 0 Å². The van der Waals surface area contributed by atoms with Crippen LogP contribution in [0.15, 0.2) is 0 Å². The number of carbonyl (C=O) groups is 2. The fourth-order valence-corrected chi connectivity index (χ4v) is 1.41. The first kappa shape index (κ1) is 15.0. The molecule has 0 radical (unpaired) electrons. The molecule has 1 aliphatic heterocycles. The van der Waals surface area contributed by atoms with E-state index < -0.39 is 48.7 Å². The molecule has 1 saturated heterocycles. The molecule has 104 valence electrons. The van der Waals surface area contributed by atoms with E-state index in [1.54, 1.807) is 0 Å². The molecule has 0 spiro atoms. The topological polar surface area (TPSA) is 154 Å². The fraction of sp³-hybridized carbons (Fsp3) is 0.778. The van der Waals surface area contributed by atoms with Gasteiger partial charge >= 0.3 is 11.9 Å². The molecule has 0 saturated carbocycles. The highest BCUT2D eigenvalue weighted by Crippen LogP contribution is 2.29. The maximum Gasteiger partial charge on any atom is 0.378 e. The summed E-state index contributed by atoms with van der Waals surface area (Å²) in [6, 6.07) is 0. The minimum Gasteiger partial charge on any atom is -0.400 e. The number of ketones is 1. The van der Waals surface area contributed by atoms with Crippen molar-refractivity contribution >= 4 is 11.8 Å². The summed E-state index contributed by atoms with van der Waals surface area (Å²) in [5.41, 5.74) is 0. The van der Waals surface area contributed by atoms with Crippen LogP contribution in [0.25, 0.3) is 0 Å². The average Bonchev–Trinajstić information content (AvgIpc) is 2.31. The van der Waals surface area contributed by atoms with E-state index in [-0.39, 0.29) is 0 Å². The minimum atomic E-state index is -3.02. The van der Waals surface area contributed by atoms with Gasteiger partial charge in [-0.3, -0.25) is 4.79 Å². The summed E-state index contributed by atoms with van der Waals surface area (Å²) in [6.45, 7) is 0.0422. The van der Waals surface area contributed by atoms with Gasteiger partial charge in [0.05, 0.1) is 6.61 Å². The van der Waals surface area contributed by atoms with Crippen molar-refractivity contribution in [2.24, 2.45) is 0 Å². The van der Waals surface area contributed by atoms with Gasteiger partial charge in [-0.2, -0.15) is 0 Å². The van der Waals surface area contributed by atoms with Crippen molar-refractivity contribution in [1.29, 1.82) is 0 Å². The highest BCUT2D eigenvalue weighted by molar-refractivity contribution is 6.32. The predicted molar refractivity (Wildman–Crippen MR) is 51.7 cm³/mol. The summed E-state index contributed by atoms with van der Waals surface area (Å²) in [6.07, 6.45) is -7.31. The summed E-state index contributed by atoms with van der Waals surface area (Å²) in [5.74, 6) is -5.59. The maximum atomic E-state index is 11.0. The lowest BCUT2D eigenvalue weighted by atomic mass is 9.98. The molecule has 9 nitrogen and oxygen atoms in total. The van der Waals surface area contributed by atoms with Gasteiger partial charge in [0, 0.05) is 6.92 Å². The van der Waals surface area contributed by atoms with Crippen molar-refractivity contribution in [2.75, 3.05) is 6.61 Å². The van der Waals surface area contributed by atoms with E-state index in [0.29, 0.717) is 0 Å². The van der Waals surface area contributed by atoms with Crippen LogP contribution in [0.2, 0.25) is 0 Å². The molecule has 0 amide bonds. The Hall–Kier alpha value is -1.10. The Labute approximate surface area is 101 Å². The average molecular weight is 266 g/mol. The molecule has 1 fully saturated rings. The number of aliphatic hydroxyl groups excluding tert-OH is 4. The van der Waals surface area contributed by atoms with Crippen molar-refractivity contribution in [1.82, 2.24) is 0 Å². The Morgan fingerprint density at radius 3 is 2.28 bits per heavy atom. The number of aliphatic hydroxyl groups is 5. The number of hydrogen-bond donors (Lipinski definition) is 5. The molecule has 1 rings (SSSR count). The summed E-state index contributed by atoms with van der Waals surface area (Å²) in [7, 11) is 0. The number of Topliss-reactive ketones (excluding diaryl/α,β-unsaturated/α-hetero) is 1. The van der Waals surface area contributed by atoms with E-state index >= 15 is 0 Å². The molecule has 0 aromatic rings. The third-order valence-electron chi connectivity index (χ3n) is 2.45.